The van der Waals surface area contributed by atoms with Gasteiger partial charge in [-0.1, -0.05) is 37.3 Å². The maximum Gasteiger partial charge on any atom is 0.182 e. The Morgan fingerprint density at radius 2 is 1.63 bits per heavy atom. The fraction of sp³-hybridized carbons (Fsp3) is 0.200. The molecule has 0 spiro atoms. The Morgan fingerprint density at radius 3 is 2.21 bits per heavy atom. The molecule has 2 N–H and O–H groups in total. The number of anilines is 1. The molecule has 2 aromatic carbocycles. The highest BCUT2D eigenvalue weighted by atomic mass is 32.2. The van der Waals surface area contributed by atoms with Crippen molar-refractivity contribution in [3.05, 3.63) is 59.7 Å². The molecule has 3 nitrogen and oxygen atoms in total. The van der Waals surface area contributed by atoms with Crippen molar-refractivity contribution in [3.63, 3.8) is 0 Å². The first-order valence-electron chi connectivity index (χ1n) is 6.17. The highest BCUT2D eigenvalue weighted by molar-refractivity contribution is 7.90. The van der Waals surface area contributed by atoms with Crippen molar-refractivity contribution in [2.24, 2.45) is 0 Å². The largest absolute Gasteiger partial charge is 0.399 e. The molecule has 0 aliphatic rings. The number of aryl methyl sites for hydroxylation is 1. The zero-order valence-electron chi connectivity index (χ0n) is 10.8. The molecule has 0 bridgehead atoms. The van der Waals surface area contributed by atoms with Crippen molar-refractivity contribution in [1.29, 1.82) is 0 Å². The van der Waals surface area contributed by atoms with E-state index in [1.165, 1.54) is 11.6 Å². The monoisotopic (exact) mass is 275 g/mol. The normalized spacial score (nSPS) is 11.4. The Kier molecular flexibility index (Phi) is 3.90. The first-order chi connectivity index (χ1) is 9.01. The van der Waals surface area contributed by atoms with Gasteiger partial charge in [0.1, 0.15) is 0 Å². The Balaban J connectivity index is 2.25. The first-order valence-corrected chi connectivity index (χ1v) is 7.82. The molecule has 19 heavy (non-hydrogen) atoms. The molecule has 0 fully saturated rings. The van der Waals surface area contributed by atoms with E-state index in [0.717, 1.165) is 12.0 Å². The Bertz CT molecular complexity index is 661. The number of hydrogen-bond acceptors (Lipinski definition) is 3. The van der Waals surface area contributed by atoms with Crippen LogP contribution in [0, 0.1) is 0 Å². The zero-order valence-corrected chi connectivity index (χ0v) is 11.7. The predicted octanol–water partition coefficient (Wildman–Crippen LogP) is 2.81. The van der Waals surface area contributed by atoms with Crippen molar-refractivity contribution in [2.45, 2.75) is 24.0 Å². The van der Waals surface area contributed by atoms with Crippen LogP contribution in [0.4, 0.5) is 5.69 Å². The molecule has 0 unspecified atom stereocenters. The average molecular weight is 275 g/mol. The third kappa shape index (κ3) is 3.35. The molecule has 100 valence electrons. The van der Waals surface area contributed by atoms with Gasteiger partial charge in [-0.05, 0) is 35.7 Å². The lowest BCUT2D eigenvalue weighted by atomic mass is 10.1. The van der Waals surface area contributed by atoms with Gasteiger partial charge in [0.25, 0.3) is 0 Å². The van der Waals surface area contributed by atoms with Gasteiger partial charge in [-0.2, -0.15) is 0 Å². The van der Waals surface area contributed by atoms with Gasteiger partial charge in [-0.25, -0.2) is 8.42 Å². The van der Waals surface area contributed by atoms with Crippen LogP contribution in [0.5, 0.6) is 0 Å². The first kappa shape index (κ1) is 13.6. The Hall–Kier alpha value is -1.81. The van der Waals surface area contributed by atoms with Gasteiger partial charge in [-0.3, -0.25) is 0 Å². The molecule has 0 radical (unpaired) electrons. The number of benzene rings is 2. The molecule has 0 saturated carbocycles. The van der Waals surface area contributed by atoms with Crippen LogP contribution >= 0.6 is 0 Å². The molecule has 4 heteroatoms. The van der Waals surface area contributed by atoms with E-state index >= 15 is 0 Å². The summed E-state index contributed by atoms with van der Waals surface area (Å²) in [5.41, 5.74) is 8.07. The molecule has 0 saturated heterocycles. The van der Waals surface area contributed by atoms with Gasteiger partial charge in [0.05, 0.1) is 10.6 Å². The number of sulfone groups is 1. The van der Waals surface area contributed by atoms with E-state index in [1.54, 1.807) is 18.2 Å². The maximum atomic E-state index is 12.3. The second-order valence-corrected chi connectivity index (χ2v) is 6.49. The lowest BCUT2D eigenvalue weighted by molar-refractivity contribution is 0.595. The van der Waals surface area contributed by atoms with Crippen LogP contribution in [-0.2, 0) is 22.0 Å². The van der Waals surface area contributed by atoms with E-state index in [0.29, 0.717) is 5.69 Å². The van der Waals surface area contributed by atoms with Crippen LogP contribution in [-0.4, -0.2) is 8.42 Å². The summed E-state index contributed by atoms with van der Waals surface area (Å²) in [4.78, 5) is 0.270. The molecule has 2 rings (SSSR count). The van der Waals surface area contributed by atoms with Gasteiger partial charge in [0.2, 0.25) is 0 Å². The van der Waals surface area contributed by atoms with Gasteiger partial charge < -0.3 is 5.73 Å². The van der Waals surface area contributed by atoms with Crippen molar-refractivity contribution >= 4 is 15.5 Å². The second-order valence-electron chi connectivity index (χ2n) is 4.50. The minimum Gasteiger partial charge on any atom is -0.399 e. The van der Waals surface area contributed by atoms with Gasteiger partial charge in [0, 0.05) is 5.69 Å². The van der Waals surface area contributed by atoms with Crippen LogP contribution in [0.1, 0.15) is 18.1 Å². The van der Waals surface area contributed by atoms with Gasteiger partial charge >= 0.3 is 0 Å². The number of nitrogens with two attached hydrogens (primary N) is 1. The highest BCUT2D eigenvalue weighted by Gasteiger charge is 2.15. The molecule has 0 aromatic heterocycles. The highest BCUT2D eigenvalue weighted by Crippen LogP contribution is 2.19. The number of hydrogen-bond donors (Lipinski definition) is 1. The minimum absolute atomic E-state index is 0.000444. The summed E-state index contributed by atoms with van der Waals surface area (Å²) in [5, 5.41) is 0. The third-order valence-corrected chi connectivity index (χ3v) is 4.69. The summed E-state index contributed by atoms with van der Waals surface area (Å²) < 4.78 is 24.5. The lowest BCUT2D eigenvalue weighted by Gasteiger charge is -2.06. The molecule has 0 aliphatic heterocycles. The van der Waals surface area contributed by atoms with Crippen LogP contribution in [0.2, 0.25) is 0 Å². The summed E-state index contributed by atoms with van der Waals surface area (Å²) >= 11 is 0. The van der Waals surface area contributed by atoms with Crippen LogP contribution in [0.25, 0.3) is 0 Å². The van der Waals surface area contributed by atoms with Crippen LogP contribution < -0.4 is 5.73 Å². The molecule has 0 amide bonds. The summed E-state index contributed by atoms with van der Waals surface area (Å²) in [5.74, 6) is 0.000444. The predicted molar refractivity (Wildman–Crippen MR) is 77.6 cm³/mol. The van der Waals surface area contributed by atoms with Gasteiger partial charge in [0.15, 0.2) is 9.84 Å². The molecule has 0 atom stereocenters. The molecule has 0 heterocycles. The van der Waals surface area contributed by atoms with Crippen molar-refractivity contribution in [3.8, 4) is 0 Å². The average Bonchev–Trinajstić information content (AvgIpc) is 2.39. The lowest BCUT2D eigenvalue weighted by Crippen LogP contribution is -2.05. The molecule has 0 aliphatic carbocycles. The molecular formula is C15H17NO2S. The summed E-state index contributed by atoms with van der Waals surface area (Å²) in [6.07, 6.45) is 0.947. The fourth-order valence-corrected chi connectivity index (χ4v) is 3.28. The Labute approximate surface area is 114 Å². The fourth-order valence-electron chi connectivity index (χ4n) is 1.88. The summed E-state index contributed by atoms with van der Waals surface area (Å²) in [7, 11) is -3.34. The summed E-state index contributed by atoms with van der Waals surface area (Å²) in [6, 6.07) is 14.1. The smallest absolute Gasteiger partial charge is 0.182 e. The number of rotatable bonds is 4. The van der Waals surface area contributed by atoms with E-state index in [9.17, 15) is 8.42 Å². The third-order valence-electron chi connectivity index (χ3n) is 3.01. The van der Waals surface area contributed by atoms with E-state index in [4.69, 9.17) is 5.73 Å². The standard InChI is InChI=1S/C15H17NO2S/c1-2-12-6-8-13(9-7-12)11-19(17,18)15-5-3-4-14(16)10-15/h3-10H,2,11,16H2,1H3. The van der Waals surface area contributed by atoms with E-state index in [-0.39, 0.29) is 10.6 Å². The van der Waals surface area contributed by atoms with Crippen molar-refractivity contribution in [1.82, 2.24) is 0 Å². The molecule has 2 aromatic rings. The van der Waals surface area contributed by atoms with Gasteiger partial charge in [-0.15, -0.1) is 0 Å². The second kappa shape index (κ2) is 5.45. The Morgan fingerprint density at radius 1 is 1.00 bits per heavy atom. The minimum atomic E-state index is -3.34. The summed E-state index contributed by atoms with van der Waals surface area (Å²) in [6.45, 7) is 2.07. The van der Waals surface area contributed by atoms with Crippen molar-refractivity contribution in [2.75, 3.05) is 5.73 Å². The van der Waals surface area contributed by atoms with E-state index in [1.807, 2.05) is 24.3 Å². The topological polar surface area (TPSA) is 60.2 Å². The van der Waals surface area contributed by atoms with Crippen LogP contribution in [0.3, 0.4) is 0 Å². The SMILES string of the molecule is CCc1ccc(CS(=O)(=O)c2cccc(N)c2)cc1. The molecular weight excluding hydrogens is 258 g/mol. The number of nitrogen functional groups attached to an aromatic ring is 1. The van der Waals surface area contributed by atoms with Crippen LogP contribution in [0.15, 0.2) is 53.4 Å². The maximum absolute atomic E-state index is 12.3. The van der Waals surface area contributed by atoms with Crippen molar-refractivity contribution < 1.29 is 8.42 Å². The quantitative estimate of drug-likeness (QED) is 0.873. The van der Waals surface area contributed by atoms with E-state index in [2.05, 4.69) is 6.92 Å². The zero-order chi connectivity index (χ0) is 13.9. The van der Waals surface area contributed by atoms with E-state index < -0.39 is 9.84 Å².